The van der Waals surface area contributed by atoms with E-state index in [0.717, 1.165) is 18.7 Å². The number of nitrogens with one attached hydrogen (secondary N) is 1. The third-order valence-electron chi connectivity index (χ3n) is 4.84. The van der Waals surface area contributed by atoms with Gasteiger partial charge in [0.1, 0.15) is 5.75 Å². The minimum atomic E-state index is -3.53. The fourth-order valence-corrected chi connectivity index (χ4v) is 4.77. The Morgan fingerprint density at radius 2 is 1.79 bits per heavy atom. The standard InChI is InChI=1S/C18H30N2O3S/c1-13(2)16(20-8-6-7-9-20)12-19-24(21,22)18-11-14(3)17(23-5)10-15(18)4/h10-11,13,16,19H,6-9,12H2,1-5H3. The summed E-state index contributed by atoms with van der Waals surface area (Å²) in [5, 5.41) is 0. The normalized spacial score (nSPS) is 17.4. The van der Waals surface area contributed by atoms with Crippen molar-refractivity contribution >= 4 is 10.0 Å². The number of aryl methyl sites for hydroxylation is 2. The van der Waals surface area contributed by atoms with Gasteiger partial charge in [-0.15, -0.1) is 0 Å². The molecule has 0 saturated carbocycles. The van der Waals surface area contributed by atoms with E-state index < -0.39 is 10.0 Å². The van der Waals surface area contributed by atoms with E-state index in [1.165, 1.54) is 12.8 Å². The minimum absolute atomic E-state index is 0.238. The van der Waals surface area contributed by atoms with Crippen molar-refractivity contribution in [3.8, 4) is 5.75 Å². The van der Waals surface area contributed by atoms with Crippen molar-refractivity contribution in [3.05, 3.63) is 23.3 Å². The van der Waals surface area contributed by atoms with Gasteiger partial charge in [0.15, 0.2) is 0 Å². The lowest BCUT2D eigenvalue weighted by molar-refractivity contribution is 0.193. The van der Waals surface area contributed by atoms with E-state index in [-0.39, 0.29) is 6.04 Å². The van der Waals surface area contributed by atoms with E-state index in [4.69, 9.17) is 4.74 Å². The van der Waals surface area contributed by atoms with Crippen LogP contribution in [0.4, 0.5) is 0 Å². The molecule has 2 rings (SSSR count). The lowest BCUT2D eigenvalue weighted by atomic mass is 10.0. The molecule has 1 atom stereocenters. The molecule has 0 spiro atoms. The maximum absolute atomic E-state index is 12.8. The first-order valence-corrected chi connectivity index (χ1v) is 10.1. The first kappa shape index (κ1) is 19.2. The van der Waals surface area contributed by atoms with Gasteiger partial charge in [-0.05, 0) is 69.0 Å². The summed E-state index contributed by atoms with van der Waals surface area (Å²) in [6, 6.07) is 3.71. The van der Waals surface area contributed by atoms with Gasteiger partial charge in [-0.1, -0.05) is 13.8 Å². The number of hydrogen-bond acceptors (Lipinski definition) is 4. The number of methoxy groups -OCH3 is 1. The Morgan fingerprint density at radius 1 is 1.17 bits per heavy atom. The summed E-state index contributed by atoms with van der Waals surface area (Å²) in [7, 11) is -1.93. The second-order valence-electron chi connectivity index (χ2n) is 6.99. The molecule has 1 unspecified atom stereocenters. The van der Waals surface area contributed by atoms with Gasteiger partial charge in [0.2, 0.25) is 10.0 Å². The van der Waals surface area contributed by atoms with Crippen LogP contribution in [0.5, 0.6) is 5.75 Å². The van der Waals surface area contributed by atoms with Crippen LogP contribution in [0.1, 0.15) is 37.8 Å². The van der Waals surface area contributed by atoms with Gasteiger partial charge in [0.05, 0.1) is 12.0 Å². The summed E-state index contributed by atoms with van der Waals surface area (Å²) in [6.45, 7) is 10.5. The highest BCUT2D eigenvalue weighted by Gasteiger charge is 2.27. The molecule has 1 saturated heterocycles. The average molecular weight is 355 g/mol. The summed E-state index contributed by atoms with van der Waals surface area (Å²) >= 11 is 0. The zero-order chi connectivity index (χ0) is 17.9. The Balaban J connectivity index is 2.17. The monoisotopic (exact) mass is 354 g/mol. The van der Waals surface area contributed by atoms with Crippen molar-refractivity contribution in [2.24, 2.45) is 5.92 Å². The second-order valence-corrected chi connectivity index (χ2v) is 8.73. The van der Waals surface area contributed by atoms with Crippen LogP contribution in [0.3, 0.4) is 0 Å². The van der Waals surface area contributed by atoms with Crippen LogP contribution in [0.15, 0.2) is 17.0 Å². The predicted molar refractivity (Wildman–Crippen MR) is 97.1 cm³/mol. The molecule has 0 amide bonds. The van der Waals surface area contributed by atoms with E-state index in [1.54, 1.807) is 26.2 Å². The maximum Gasteiger partial charge on any atom is 0.240 e. The molecule has 1 aliphatic rings. The lowest BCUT2D eigenvalue weighted by Crippen LogP contribution is -2.45. The molecule has 1 aromatic carbocycles. The zero-order valence-corrected chi connectivity index (χ0v) is 16.2. The largest absolute Gasteiger partial charge is 0.496 e. The number of sulfonamides is 1. The van der Waals surface area contributed by atoms with Crippen LogP contribution in [0.2, 0.25) is 0 Å². The van der Waals surface area contributed by atoms with Gasteiger partial charge in [-0.3, -0.25) is 4.90 Å². The number of nitrogens with zero attached hydrogens (tertiary/aromatic N) is 1. The molecule has 1 N–H and O–H groups in total. The number of rotatable bonds is 7. The van der Waals surface area contributed by atoms with Crippen LogP contribution in [-0.2, 0) is 10.0 Å². The van der Waals surface area contributed by atoms with E-state index in [9.17, 15) is 8.42 Å². The van der Waals surface area contributed by atoms with Crippen molar-refractivity contribution in [1.82, 2.24) is 9.62 Å². The zero-order valence-electron chi connectivity index (χ0n) is 15.4. The number of hydrogen-bond donors (Lipinski definition) is 1. The molecule has 0 aliphatic carbocycles. The maximum atomic E-state index is 12.8. The molecule has 1 aliphatic heterocycles. The smallest absolute Gasteiger partial charge is 0.240 e. The summed E-state index contributed by atoms with van der Waals surface area (Å²) in [5.41, 5.74) is 1.52. The van der Waals surface area contributed by atoms with Crippen LogP contribution in [0.25, 0.3) is 0 Å². The van der Waals surface area contributed by atoms with Gasteiger partial charge in [-0.2, -0.15) is 0 Å². The SMILES string of the molecule is COc1cc(C)c(S(=O)(=O)NCC(C(C)C)N2CCCC2)cc1C. The van der Waals surface area contributed by atoms with Gasteiger partial charge < -0.3 is 4.74 Å². The first-order valence-electron chi connectivity index (χ1n) is 8.65. The summed E-state index contributed by atoms with van der Waals surface area (Å²) in [4.78, 5) is 2.74. The van der Waals surface area contributed by atoms with Crippen molar-refractivity contribution < 1.29 is 13.2 Å². The Bertz CT molecular complexity index is 665. The Kier molecular flexibility index (Phi) is 6.28. The Labute approximate surface area is 146 Å². The lowest BCUT2D eigenvalue weighted by Gasteiger charge is -2.31. The highest BCUT2D eigenvalue weighted by molar-refractivity contribution is 7.89. The van der Waals surface area contributed by atoms with Crippen LogP contribution < -0.4 is 9.46 Å². The molecule has 0 radical (unpaired) electrons. The molecule has 136 valence electrons. The van der Waals surface area contributed by atoms with Crippen molar-refractivity contribution in [3.63, 3.8) is 0 Å². The van der Waals surface area contributed by atoms with Crippen molar-refractivity contribution in [1.29, 1.82) is 0 Å². The Morgan fingerprint density at radius 3 is 2.33 bits per heavy atom. The molecule has 6 heteroatoms. The number of likely N-dealkylation sites (tertiary alicyclic amines) is 1. The van der Waals surface area contributed by atoms with Crippen LogP contribution in [0, 0.1) is 19.8 Å². The van der Waals surface area contributed by atoms with Gasteiger partial charge in [-0.25, -0.2) is 13.1 Å². The second kappa shape index (κ2) is 7.85. The van der Waals surface area contributed by atoms with Crippen molar-refractivity contribution in [2.45, 2.75) is 51.5 Å². The number of benzene rings is 1. The molecule has 1 heterocycles. The quantitative estimate of drug-likeness (QED) is 0.818. The fourth-order valence-electron chi connectivity index (χ4n) is 3.41. The number of ether oxygens (including phenoxy) is 1. The molecule has 1 fully saturated rings. The summed E-state index contributed by atoms with van der Waals surface area (Å²) < 4.78 is 33.7. The Hall–Kier alpha value is -1.11. The summed E-state index contributed by atoms with van der Waals surface area (Å²) in [6.07, 6.45) is 2.40. The highest BCUT2D eigenvalue weighted by atomic mass is 32.2. The van der Waals surface area contributed by atoms with Crippen molar-refractivity contribution in [2.75, 3.05) is 26.7 Å². The molecule has 0 bridgehead atoms. The minimum Gasteiger partial charge on any atom is -0.496 e. The van der Waals surface area contributed by atoms with E-state index >= 15 is 0 Å². The predicted octanol–water partition coefficient (Wildman–Crippen LogP) is 2.71. The summed E-state index contributed by atoms with van der Waals surface area (Å²) in [5.74, 6) is 1.12. The topological polar surface area (TPSA) is 58.6 Å². The first-order chi connectivity index (χ1) is 11.3. The van der Waals surface area contributed by atoms with Gasteiger partial charge in [0.25, 0.3) is 0 Å². The third kappa shape index (κ3) is 4.29. The molecule has 0 aromatic heterocycles. The van der Waals surface area contributed by atoms with Crippen LogP contribution in [-0.4, -0.2) is 46.1 Å². The average Bonchev–Trinajstić information content (AvgIpc) is 3.02. The molecular weight excluding hydrogens is 324 g/mol. The molecule has 5 nitrogen and oxygen atoms in total. The fraction of sp³-hybridized carbons (Fsp3) is 0.667. The van der Waals surface area contributed by atoms with E-state index in [2.05, 4.69) is 23.5 Å². The molecular formula is C18H30N2O3S. The highest BCUT2D eigenvalue weighted by Crippen LogP contribution is 2.26. The van der Waals surface area contributed by atoms with Gasteiger partial charge in [0, 0.05) is 12.6 Å². The molecule has 1 aromatic rings. The third-order valence-corrected chi connectivity index (χ3v) is 6.41. The van der Waals surface area contributed by atoms with Gasteiger partial charge >= 0.3 is 0 Å². The molecule has 24 heavy (non-hydrogen) atoms. The van der Waals surface area contributed by atoms with Crippen LogP contribution >= 0.6 is 0 Å². The van der Waals surface area contributed by atoms with E-state index in [0.29, 0.717) is 28.7 Å². The van der Waals surface area contributed by atoms with E-state index in [1.807, 2.05) is 6.92 Å².